The summed E-state index contributed by atoms with van der Waals surface area (Å²) in [5.74, 6) is -0.0123. The predicted octanol–water partition coefficient (Wildman–Crippen LogP) is 0.929. The summed E-state index contributed by atoms with van der Waals surface area (Å²) in [4.78, 5) is 25.1. The fourth-order valence-electron chi connectivity index (χ4n) is 2.09. The molecule has 1 fully saturated rings. The number of carbonyl (C=O) groups is 2. The number of carbonyl (C=O) groups excluding carboxylic acids is 2. The molecule has 0 aromatic carbocycles. The van der Waals surface area contributed by atoms with E-state index < -0.39 is 0 Å². The average molecular weight is 256 g/mol. The standard InChI is InChI=1S/C13H24N2O3/c1-4-11-13(17)14-9-12(16)15(11)7-5-6-8-18-10(2)3/h10-11H,4-9H2,1-3H3,(H,14,17). The number of piperazine rings is 1. The summed E-state index contributed by atoms with van der Waals surface area (Å²) in [6.45, 7) is 7.43. The molecule has 1 N–H and O–H groups in total. The molecule has 1 saturated heterocycles. The van der Waals surface area contributed by atoms with E-state index in [1.807, 2.05) is 20.8 Å². The minimum absolute atomic E-state index is 0.0197. The second-order valence-electron chi connectivity index (χ2n) is 4.86. The Kier molecular flexibility index (Phi) is 6.12. The zero-order valence-corrected chi connectivity index (χ0v) is 11.6. The van der Waals surface area contributed by atoms with Gasteiger partial charge >= 0.3 is 0 Å². The Bertz CT molecular complexity index is 292. The topological polar surface area (TPSA) is 58.6 Å². The number of hydrogen-bond acceptors (Lipinski definition) is 3. The summed E-state index contributed by atoms with van der Waals surface area (Å²) in [5.41, 5.74) is 0. The molecule has 104 valence electrons. The lowest BCUT2D eigenvalue weighted by molar-refractivity contribution is -0.145. The molecular formula is C13H24N2O3. The van der Waals surface area contributed by atoms with Gasteiger partial charge in [0.05, 0.1) is 12.6 Å². The zero-order valence-electron chi connectivity index (χ0n) is 11.6. The van der Waals surface area contributed by atoms with E-state index in [0.717, 1.165) is 12.8 Å². The van der Waals surface area contributed by atoms with Gasteiger partial charge in [0.2, 0.25) is 11.8 Å². The van der Waals surface area contributed by atoms with Gasteiger partial charge in [0.25, 0.3) is 0 Å². The van der Waals surface area contributed by atoms with Gasteiger partial charge in [-0.15, -0.1) is 0 Å². The van der Waals surface area contributed by atoms with Crippen LogP contribution in [0.25, 0.3) is 0 Å². The highest BCUT2D eigenvalue weighted by atomic mass is 16.5. The van der Waals surface area contributed by atoms with Crippen molar-refractivity contribution in [3.05, 3.63) is 0 Å². The van der Waals surface area contributed by atoms with Gasteiger partial charge in [-0.1, -0.05) is 6.92 Å². The van der Waals surface area contributed by atoms with Crippen LogP contribution < -0.4 is 5.32 Å². The average Bonchev–Trinajstić information content (AvgIpc) is 2.32. The molecule has 1 unspecified atom stereocenters. The summed E-state index contributed by atoms with van der Waals surface area (Å²) in [7, 11) is 0. The molecular weight excluding hydrogens is 232 g/mol. The van der Waals surface area contributed by atoms with Gasteiger partial charge in [0.15, 0.2) is 0 Å². The van der Waals surface area contributed by atoms with Crippen LogP contribution in [0.2, 0.25) is 0 Å². The first-order chi connectivity index (χ1) is 8.56. The first kappa shape index (κ1) is 15.0. The Balaban J connectivity index is 2.33. The Hall–Kier alpha value is -1.10. The van der Waals surface area contributed by atoms with Gasteiger partial charge in [-0.05, 0) is 33.1 Å². The van der Waals surface area contributed by atoms with Gasteiger partial charge in [0, 0.05) is 13.2 Å². The summed E-state index contributed by atoms with van der Waals surface area (Å²) >= 11 is 0. The van der Waals surface area contributed by atoms with Crippen molar-refractivity contribution >= 4 is 11.8 Å². The largest absolute Gasteiger partial charge is 0.379 e. The summed E-state index contributed by atoms with van der Waals surface area (Å²) in [6.07, 6.45) is 2.71. The molecule has 18 heavy (non-hydrogen) atoms. The van der Waals surface area contributed by atoms with Gasteiger partial charge in [-0.25, -0.2) is 0 Å². The molecule has 1 aliphatic heterocycles. The summed E-state index contributed by atoms with van der Waals surface area (Å²) < 4.78 is 5.45. The van der Waals surface area contributed by atoms with Gasteiger partial charge < -0.3 is 15.0 Å². The van der Waals surface area contributed by atoms with Crippen LogP contribution >= 0.6 is 0 Å². The highest BCUT2D eigenvalue weighted by molar-refractivity contribution is 5.94. The van der Waals surface area contributed by atoms with Crippen molar-refractivity contribution in [2.24, 2.45) is 0 Å². The lowest BCUT2D eigenvalue weighted by Crippen LogP contribution is -2.58. The number of rotatable bonds is 7. The van der Waals surface area contributed by atoms with E-state index in [4.69, 9.17) is 4.74 Å². The highest BCUT2D eigenvalue weighted by Gasteiger charge is 2.32. The summed E-state index contributed by atoms with van der Waals surface area (Å²) in [5, 5.41) is 2.62. The smallest absolute Gasteiger partial charge is 0.243 e. The molecule has 1 aliphatic rings. The molecule has 0 radical (unpaired) electrons. The van der Waals surface area contributed by atoms with E-state index in [0.29, 0.717) is 19.6 Å². The van der Waals surface area contributed by atoms with Crippen molar-refractivity contribution in [3.8, 4) is 0 Å². The number of amides is 2. The van der Waals surface area contributed by atoms with Crippen LogP contribution in [0, 0.1) is 0 Å². The van der Waals surface area contributed by atoms with Crippen LogP contribution in [0.15, 0.2) is 0 Å². The van der Waals surface area contributed by atoms with Crippen molar-refractivity contribution in [3.63, 3.8) is 0 Å². The van der Waals surface area contributed by atoms with Crippen molar-refractivity contribution in [1.29, 1.82) is 0 Å². The van der Waals surface area contributed by atoms with Gasteiger partial charge in [0.1, 0.15) is 6.04 Å². The maximum absolute atomic E-state index is 11.8. The van der Waals surface area contributed by atoms with E-state index in [2.05, 4.69) is 5.32 Å². The first-order valence-electron chi connectivity index (χ1n) is 6.75. The van der Waals surface area contributed by atoms with Crippen LogP contribution in [-0.4, -0.2) is 48.6 Å². The van der Waals surface area contributed by atoms with Crippen molar-refractivity contribution in [2.75, 3.05) is 19.7 Å². The van der Waals surface area contributed by atoms with Crippen molar-refractivity contribution in [2.45, 2.75) is 52.2 Å². The Morgan fingerprint density at radius 2 is 2.11 bits per heavy atom. The molecule has 1 atom stereocenters. The Labute approximate surface area is 109 Å². The SMILES string of the molecule is CCC1C(=O)NCC(=O)N1CCCCOC(C)C. The van der Waals surface area contributed by atoms with Gasteiger partial charge in [-0.2, -0.15) is 0 Å². The van der Waals surface area contributed by atoms with E-state index in [1.165, 1.54) is 0 Å². The number of nitrogens with one attached hydrogen (secondary N) is 1. The molecule has 1 heterocycles. The van der Waals surface area contributed by atoms with Crippen molar-refractivity contribution in [1.82, 2.24) is 10.2 Å². The molecule has 0 spiro atoms. The van der Waals surface area contributed by atoms with Crippen LogP contribution in [-0.2, 0) is 14.3 Å². The molecule has 0 aliphatic carbocycles. The van der Waals surface area contributed by atoms with Crippen LogP contribution in [0.1, 0.15) is 40.0 Å². The third-order valence-corrected chi connectivity index (χ3v) is 3.04. The van der Waals surface area contributed by atoms with Crippen LogP contribution in [0.5, 0.6) is 0 Å². The molecule has 0 bridgehead atoms. The maximum atomic E-state index is 11.8. The number of nitrogens with zero attached hydrogens (tertiary/aromatic N) is 1. The number of hydrogen-bond donors (Lipinski definition) is 1. The normalized spacial score (nSPS) is 20.4. The molecule has 0 aromatic rings. The van der Waals surface area contributed by atoms with E-state index in [1.54, 1.807) is 4.90 Å². The molecule has 1 rings (SSSR count). The van der Waals surface area contributed by atoms with E-state index in [-0.39, 0.29) is 30.5 Å². The zero-order chi connectivity index (χ0) is 13.5. The molecule has 5 nitrogen and oxygen atoms in total. The second kappa shape index (κ2) is 7.36. The van der Waals surface area contributed by atoms with Gasteiger partial charge in [-0.3, -0.25) is 9.59 Å². The van der Waals surface area contributed by atoms with Crippen molar-refractivity contribution < 1.29 is 14.3 Å². The molecule has 0 aromatic heterocycles. The molecule has 5 heteroatoms. The first-order valence-corrected chi connectivity index (χ1v) is 6.75. The summed E-state index contributed by atoms with van der Waals surface area (Å²) in [6, 6.07) is -0.294. The second-order valence-corrected chi connectivity index (χ2v) is 4.86. The quantitative estimate of drug-likeness (QED) is 0.689. The minimum Gasteiger partial charge on any atom is -0.379 e. The highest BCUT2D eigenvalue weighted by Crippen LogP contribution is 2.11. The minimum atomic E-state index is -0.294. The van der Waals surface area contributed by atoms with Crippen LogP contribution in [0.4, 0.5) is 0 Å². The predicted molar refractivity (Wildman–Crippen MR) is 69.1 cm³/mol. The van der Waals surface area contributed by atoms with Crippen LogP contribution in [0.3, 0.4) is 0 Å². The molecule has 0 saturated carbocycles. The van der Waals surface area contributed by atoms with E-state index in [9.17, 15) is 9.59 Å². The monoisotopic (exact) mass is 256 g/mol. The number of unbranched alkanes of at least 4 members (excludes halogenated alkanes) is 1. The third kappa shape index (κ3) is 4.29. The fraction of sp³-hybridized carbons (Fsp3) is 0.846. The lowest BCUT2D eigenvalue weighted by Gasteiger charge is -2.34. The Morgan fingerprint density at radius 1 is 1.39 bits per heavy atom. The number of ether oxygens (including phenoxy) is 1. The Morgan fingerprint density at radius 3 is 2.72 bits per heavy atom. The fourth-order valence-corrected chi connectivity index (χ4v) is 2.09. The lowest BCUT2D eigenvalue weighted by atomic mass is 10.1. The molecule has 2 amide bonds. The maximum Gasteiger partial charge on any atom is 0.243 e. The third-order valence-electron chi connectivity index (χ3n) is 3.04. The van der Waals surface area contributed by atoms with E-state index >= 15 is 0 Å².